The minimum Gasteiger partial charge on any atom is -0.396 e. The lowest BCUT2D eigenvalue weighted by molar-refractivity contribution is 0.291. The summed E-state index contributed by atoms with van der Waals surface area (Å²) in [7, 11) is 0. The molecule has 0 spiro atoms. The summed E-state index contributed by atoms with van der Waals surface area (Å²) in [6.07, 6.45) is 3.31. The average Bonchev–Trinajstić information content (AvgIpc) is 2.72. The van der Waals surface area contributed by atoms with Crippen LogP contribution >= 0.6 is 0 Å². The fourth-order valence-corrected chi connectivity index (χ4v) is 1.93. The van der Waals surface area contributed by atoms with Crippen LogP contribution in [0.3, 0.4) is 0 Å². The second kappa shape index (κ2) is 7.40. The molecule has 0 saturated heterocycles. The van der Waals surface area contributed by atoms with Gasteiger partial charge in [0.1, 0.15) is 0 Å². The van der Waals surface area contributed by atoms with Gasteiger partial charge in [0.25, 0.3) is 0 Å². The highest BCUT2D eigenvalue weighted by molar-refractivity contribution is 4.87. The van der Waals surface area contributed by atoms with Gasteiger partial charge in [0.2, 0.25) is 5.89 Å². The average molecular weight is 241 g/mol. The summed E-state index contributed by atoms with van der Waals surface area (Å²) in [4.78, 5) is 4.22. The number of hydrogen-bond acceptors (Lipinski definition) is 5. The van der Waals surface area contributed by atoms with Gasteiger partial charge < -0.3 is 15.4 Å². The number of hydrogen-bond donors (Lipinski definition) is 2. The van der Waals surface area contributed by atoms with E-state index in [1.807, 2.05) is 0 Å². The number of aromatic nitrogens is 2. The molecule has 1 rings (SSSR count). The summed E-state index contributed by atoms with van der Waals surface area (Å²) in [5.41, 5.74) is 5.60. The number of aliphatic hydroxyl groups is 1. The van der Waals surface area contributed by atoms with Crippen molar-refractivity contribution in [3.05, 3.63) is 11.7 Å². The molecule has 3 N–H and O–H groups in total. The Kier molecular flexibility index (Phi) is 6.15. The molecule has 0 bridgehead atoms. The Bertz CT molecular complexity index is 312. The monoisotopic (exact) mass is 241 g/mol. The van der Waals surface area contributed by atoms with Gasteiger partial charge in [-0.25, -0.2) is 0 Å². The molecule has 0 radical (unpaired) electrons. The first-order valence-electron chi connectivity index (χ1n) is 6.29. The molecule has 1 atom stereocenters. The van der Waals surface area contributed by atoms with Crippen LogP contribution in [0.15, 0.2) is 4.52 Å². The molecule has 1 heterocycles. The molecular formula is C12H23N3O2. The highest BCUT2D eigenvalue weighted by atomic mass is 16.5. The number of nitrogens with two attached hydrogens (primary N) is 1. The van der Waals surface area contributed by atoms with E-state index in [1.165, 1.54) is 0 Å². The van der Waals surface area contributed by atoms with E-state index in [9.17, 15) is 0 Å². The molecule has 17 heavy (non-hydrogen) atoms. The number of rotatable bonds is 8. The summed E-state index contributed by atoms with van der Waals surface area (Å²) < 4.78 is 5.12. The van der Waals surface area contributed by atoms with Crippen LogP contribution in [-0.4, -0.2) is 28.4 Å². The summed E-state index contributed by atoms with van der Waals surface area (Å²) in [5.74, 6) is 2.48. The van der Waals surface area contributed by atoms with Crippen molar-refractivity contribution in [2.75, 3.05) is 13.2 Å². The van der Waals surface area contributed by atoms with Gasteiger partial charge in [-0.3, -0.25) is 0 Å². The number of aliphatic hydroxyl groups excluding tert-OH is 1. The quantitative estimate of drug-likeness (QED) is 0.713. The number of nitrogens with zero attached hydrogens (tertiary/aromatic N) is 2. The Hall–Kier alpha value is -0.940. The molecule has 5 heteroatoms. The van der Waals surface area contributed by atoms with E-state index in [0.29, 0.717) is 30.0 Å². The molecule has 0 aliphatic heterocycles. The lowest BCUT2D eigenvalue weighted by Crippen LogP contribution is -2.15. The lowest BCUT2D eigenvalue weighted by Gasteiger charge is -2.18. The van der Waals surface area contributed by atoms with Gasteiger partial charge in [0.05, 0.1) is 6.61 Å². The lowest BCUT2D eigenvalue weighted by atomic mass is 9.88. The van der Waals surface area contributed by atoms with Crippen LogP contribution in [0.5, 0.6) is 0 Å². The topological polar surface area (TPSA) is 85.2 Å². The van der Waals surface area contributed by atoms with Crippen LogP contribution in [0, 0.1) is 11.8 Å². The van der Waals surface area contributed by atoms with Crippen molar-refractivity contribution >= 4 is 0 Å². The molecule has 1 aromatic rings. The van der Waals surface area contributed by atoms with Crippen LogP contribution in [0.4, 0.5) is 0 Å². The minimum absolute atomic E-state index is 0.0563. The van der Waals surface area contributed by atoms with Crippen molar-refractivity contribution in [2.24, 2.45) is 17.6 Å². The SMILES string of the molecule is CC(C)C(CCN)CCc1nc(CCO)no1. The van der Waals surface area contributed by atoms with Crippen LogP contribution in [0.1, 0.15) is 38.4 Å². The molecule has 0 aliphatic carbocycles. The van der Waals surface area contributed by atoms with Crippen molar-refractivity contribution in [3.8, 4) is 0 Å². The fraction of sp³-hybridized carbons (Fsp3) is 0.833. The summed E-state index contributed by atoms with van der Waals surface area (Å²) in [5, 5.41) is 12.6. The van der Waals surface area contributed by atoms with Crippen molar-refractivity contribution < 1.29 is 9.63 Å². The molecule has 1 unspecified atom stereocenters. The Morgan fingerprint density at radius 2 is 2.06 bits per heavy atom. The second-order valence-corrected chi connectivity index (χ2v) is 4.70. The Morgan fingerprint density at radius 3 is 2.65 bits per heavy atom. The molecule has 0 fully saturated rings. The van der Waals surface area contributed by atoms with Crippen molar-refractivity contribution in [1.29, 1.82) is 0 Å². The van der Waals surface area contributed by atoms with Crippen molar-refractivity contribution in [2.45, 2.75) is 39.5 Å². The zero-order valence-corrected chi connectivity index (χ0v) is 10.7. The van der Waals surface area contributed by atoms with E-state index in [-0.39, 0.29) is 6.61 Å². The molecule has 0 saturated carbocycles. The largest absolute Gasteiger partial charge is 0.396 e. The first-order chi connectivity index (χ1) is 8.17. The van der Waals surface area contributed by atoms with E-state index < -0.39 is 0 Å². The van der Waals surface area contributed by atoms with E-state index in [2.05, 4.69) is 24.0 Å². The molecule has 0 aliphatic rings. The highest BCUT2D eigenvalue weighted by Crippen LogP contribution is 2.20. The van der Waals surface area contributed by atoms with Gasteiger partial charge in [0, 0.05) is 12.8 Å². The van der Waals surface area contributed by atoms with Crippen molar-refractivity contribution in [1.82, 2.24) is 10.1 Å². The van der Waals surface area contributed by atoms with E-state index in [0.717, 1.165) is 25.8 Å². The van der Waals surface area contributed by atoms with Crippen molar-refractivity contribution in [3.63, 3.8) is 0 Å². The smallest absolute Gasteiger partial charge is 0.226 e. The Labute approximate surface area is 102 Å². The van der Waals surface area contributed by atoms with E-state index in [4.69, 9.17) is 15.4 Å². The fourth-order valence-electron chi connectivity index (χ4n) is 1.93. The first kappa shape index (κ1) is 14.1. The van der Waals surface area contributed by atoms with E-state index in [1.54, 1.807) is 0 Å². The van der Waals surface area contributed by atoms with E-state index >= 15 is 0 Å². The standard InChI is InChI=1S/C12H23N3O2/c1-9(2)10(5-7-13)3-4-12-14-11(6-8-16)15-17-12/h9-10,16H,3-8,13H2,1-2H3. The third-order valence-electron chi connectivity index (χ3n) is 3.05. The molecule has 5 nitrogen and oxygen atoms in total. The second-order valence-electron chi connectivity index (χ2n) is 4.70. The summed E-state index contributed by atoms with van der Waals surface area (Å²) in [6.45, 7) is 5.21. The molecule has 1 aromatic heterocycles. The maximum absolute atomic E-state index is 8.75. The van der Waals surface area contributed by atoms with Crippen LogP contribution in [-0.2, 0) is 12.8 Å². The third-order valence-corrected chi connectivity index (χ3v) is 3.05. The maximum atomic E-state index is 8.75. The molecule has 98 valence electrons. The number of aryl methyl sites for hydroxylation is 1. The van der Waals surface area contributed by atoms with Gasteiger partial charge >= 0.3 is 0 Å². The van der Waals surface area contributed by atoms with Gasteiger partial charge in [-0.05, 0) is 31.2 Å². The van der Waals surface area contributed by atoms with Gasteiger partial charge in [-0.15, -0.1) is 0 Å². The first-order valence-corrected chi connectivity index (χ1v) is 6.29. The van der Waals surface area contributed by atoms with Gasteiger partial charge in [-0.1, -0.05) is 19.0 Å². The zero-order valence-electron chi connectivity index (χ0n) is 10.7. The van der Waals surface area contributed by atoms with Crippen LogP contribution < -0.4 is 5.73 Å². The Morgan fingerprint density at radius 1 is 1.29 bits per heavy atom. The maximum Gasteiger partial charge on any atom is 0.226 e. The van der Waals surface area contributed by atoms with Gasteiger partial charge in [-0.2, -0.15) is 4.98 Å². The molecular weight excluding hydrogens is 218 g/mol. The molecule has 0 amide bonds. The zero-order chi connectivity index (χ0) is 12.7. The third kappa shape index (κ3) is 4.83. The van der Waals surface area contributed by atoms with Crippen LogP contribution in [0.25, 0.3) is 0 Å². The predicted molar refractivity (Wildman–Crippen MR) is 65.4 cm³/mol. The normalized spacial score (nSPS) is 13.2. The summed E-state index contributed by atoms with van der Waals surface area (Å²) >= 11 is 0. The van der Waals surface area contributed by atoms with Crippen LogP contribution in [0.2, 0.25) is 0 Å². The Balaban J connectivity index is 2.41. The summed E-state index contributed by atoms with van der Waals surface area (Å²) in [6, 6.07) is 0. The predicted octanol–water partition coefficient (Wildman–Crippen LogP) is 1.16. The van der Waals surface area contributed by atoms with Gasteiger partial charge in [0.15, 0.2) is 5.82 Å². The molecule has 0 aromatic carbocycles. The minimum atomic E-state index is 0.0563. The highest BCUT2D eigenvalue weighted by Gasteiger charge is 2.14.